The van der Waals surface area contributed by atoms with Crippen molar-refractivity contribution in [2.75, 3.05) is 0 Å². The Kier molecular flexibility index (Phi) is 4.29. The van der Waals surface area contributed by atoms with Gasteiger partial charge >= 0.3 is 0 Å². The summed E-state index contributed by atoms with van der Waals surface area (Å²) in [5, 5.41) is 3.22. The Hall–Kier alpha value is -1.57. The summed E-state index contributed by atoms with van der Waals surface area (Å²) in [6.45, 7) is 12.7. The monoisotopic (exact) mass is 216 g/mol. The average Bonchev–Trinajstić information content (AvgIpc) is 2.19. The van der Waals surface area contributed by atoms with Gasteiger partial charge in [0.2, 0.25) is 0 Å². The van der Waals surface area contributed by atoms with Gasteiger partial charge in [-0.05, 0) is 39.3 Å². The van der Waals surface area contributed by atoms with Crippen LogP contribution in [-0.2, 0) is 6.54 Å². The fourth-order valence-electron chi connectivity index (χ4n) is 1.69. The number of hydrogen-bond donors (Lipinski definition) is 1. The Labute approximate surface area is 98.1 Å². The van der Waals surface area contributed by atoms with Gasteiger partial charge in [0.05, 0.1) is 12.2 Å². The third-order valence-corrected chi connectivity index (χ3v) is 2.36. The lowest BCUT2D eigenvalue weighted by Crippen LogP contribution is -2.13. The number of nitrogens with zero attached hydrogens (tertiary/aromatic N) is 1. The fraction of sp³-hybridized carbons (Fsp3) is 0.357. The second-order valence-electron chi connectivity index (χ2n) is 4.07. The first kappa shape index (κ1) is 12.5. The summed E-state index contributed by atoms with van der Waals surface area (Å²) in [5.74, 6) is 0. The van der Waals surface area contributed by atoms with E-state index in [-0.39, 0.29) is 0 Å². The molecule has 0 amide bonds. The predicted octanol–water partition coefficient (Wildman–Crippen LogP) is 3.35. The topological polar surface area (TPSA) is 24.9 Å². The minimum absolute atomic E-state index is 0.734. The van der Waals surface area contributed by atoms with Crippen molar-refractivity contribution in [3.63, 3.8) is 0 Å². The van der Waals surface area contributed by atoms with Crippen LogP contribution >= 0.6 is 0 Å². The molecule has 1 aromatic heterocycles. The van der Waals surface area contributed by atoms with Crippen LogP contribution in [0.5, 0.6) is 0 Å². The zero-order valence-corrected chi connectivity index (χ0v) is 10.6. The van der Waals surface area contributed by atoms with Gasteiger partial charge in [-0.2, -0.15) is 0 Å². The smallest absolute Gasteiger partial charge is 0.0672 e. The van der Waals surface area contributed by atoms with E-state index in [1.54, 1.807) is 0 Å². The van der Waals surface area contributed by atoms with Gasteiger partial charge in [-0.1, -0.05) is 18.7 Å². The number of pyridine rings is 1. The van der Waals surface area contributed by atoms with E-state index in [2.05, 4.69) is 35.9 Å². The van der Waals surface area contributed by atoms with E-state index in [0.29, 0.717) is 0 Å². The van der Waals surface area contributed by atoms with Crippen LogP contribution in [0.2, 0.25) is 0 Å². The first-order chi connectivity index (χ1) is 7.54. The molecule has 1 rings (SSSR count). The van der Waals surface area contributed by atoms with Crippen LogP contribution in [0, 0.1) is 13.8 Å². The molecule has 0 unspecified atom stereocenters. The molecular weight excluding hydrogens is 196 g/mol. The van der Waals surface area contributed by atoms with Gasteiger partial charge < -0.3 is 5.32 Å². The van der Waals surface area contributed by atoms with Gasteiger partial charge in [0.1, 0.15) is 0 Å². The Morgan fingerprint density at radius 2 is 2.19 bits per heavy atom. The first-order valence-corrected chi connectivity index (χ1v) is 5.53. The molecule has 0 bridgehead atoms. The van der Waals surface area contributed by atoms with Crippen molar-refractivity contribution >= 4 is 6.08 Å². The molecule has 0 atom stereocenters. The van der Waals surface area contributed by atoms with Crippen molar-refractivity contribution in [3.05, 3.63) is 46.9 Å². The highest BCUT2D eigenvalue weighted by Gasteiger charge is 2.05. The highest BCUT2D eigenvalue weighted by Crippen LogP contribution is 2.16. The maximum atomic E-state index is 4.57. The first-order valence-electron chi connectivity index (χ1n) is 5.53. The van der Waals surface area contributed by atoms with Crippen LogP contribution in [0.25, 0.3) is 6.08 Å². The van der Waals surface area contributed by atoms with Crippen LogP contribution in [-0.4, -0.2) is 4.98 Å². The number of aryl methyl sites for hydroxylation is 2. The Morgan fingerprint density at radius 1 is 1.50 bits per heavy atom. The molecule has 0 saturated carbocycles. The van der Waals surface area contributed by atoms with E-state index in [4.69, 9.17) is 0 Å². The lowest BCUT2D eigenvalue weighted by atomic mass is 10.1. The molecule has 86 valence electrons. The zero-order chi connectivity index (χ0) is 12.1. The Bertz CT molecular complexity index is 417. The van der Waals surface area contributed by atoms with Gasteiger partial charge in [-0.15, -0.1) is 0 Å². The number of allylic oxidation sites excluding steroid dienone is 2. The second-order valence-corrected chi connectivity index (χ2v) is 4.07. The van der Waals surface area contributed by atoms with E-state index in [0.717, 1.165) is 23.6 Å². The Morgan fingerprint density at radius 3 is 2.75 bits per heavy atom. The fourth-order valence-corrected chi connectivity index (χ4v) is 1.69. The SMILES string of the molecule is C=C(C)NCc1nc(C)cc(C)c1/C=C\C. The number of hydrogen-bond acceptors (Lipinski definition) is 2. The highest BCUT2D eigenvalue weighted by molar-refractivity contribution is 5.56. The summed E-state index contributed by atoms with van der Waals surface area (Å²) >= 11 is 0. The number of rotatable bonds is 4. The van der Waals surface area contributed by atoms with Crippen molar-refractivity contribution in [3.8, 4) is 0 Å². The van der Waals surface area contributed by atoms with Crippen molar-refractivity contribution in [1.29, 1.82) is 0 Å². The van der Waals surface area contributed by atoms with Crippen molar-refractivity contribution in [2.24, 2.45) is 0 Å². The van der Waals surface area contributed by atoms with Crippen molar-refractivity contribution in [2.45, 2.75) is 34.2 Å². The molecular formula is C14H20N2. The maximum Gasteiger partial charge on any atom is 0.0672 e. The third kappa shape index (κ3) is 3.23. The molecule has 0 saturated heterocycles. The molecule has 0 aliphatic carbocycles. The number of nitrogens with one attached hydrogen (secondary N) is 1. The molecule has 1 aromatic rings. The molecule has 0 radical (unpaired) electrons. The van der Waals surface area contributed by atoms with Crippen LogP contribution in [0.15, 0.2) is 24.4 Å². The summed E-state index contributed by atoms with van der Waals surface area (Å²) in [5.41, 5.74) is 5.58. The van der Waals surface area contributed by atoms with Gasteiger partial charge in [0.25, 0.3) is 0 Å². The average molecular weight is 216 g/mol. The van der Waals surface area contributed by atoms with Crippen LogP contribution in [0.4, 0.5) is 0 Å². The van der Waals surface area contributed by atoms with Crippen molar-refractivity contribution in [1.82, 2.24) is 10.3 Å². The molecule has 0 aliphatic heterocycles. The molecule has 1 N–H and O–H groups in total. The molecule has 1 heterocycles. The largest absolute Gasteiger partial charge is 0.383 e. The van der Waals surface area contributed by atoms with Crippen LogP contribution in [0.1, 0.15) is 36.4 Å². The highest BCUT2D eigenvalue weighted by atomic mass is 14.9. The molecule has 0 fully saturated rings. The molecule has 2 heteroatoms. The van der Waals surface area contributed by atoms with Crippen molar-refractivity contribution < 1.29 is 0 Å². The Balaban J connectivity index is 3.08. The van der Waals surface area contributed by atoms with Gasteiger partial charge in [0, 0.05) is 17.0 Å². The lowest BCUT2D eigenvalue weighted by Gasteiger charge is -2.11. The summed E-state index contributed by atoms with van der Waals surface area (Å²) in [4.78, 5) is 4.57. The number of aromatic nitrogens is 1. The lowest BCUT2D eigenvalue weighted by molar-refractivity contribution is 0.782. The van der Waals surface area contributed by atoms with E-state index in [9.17, 15) is 0 Å². The summed E-state index contributed by atoms with van der Waals surface area (Å²) < 4.78 is 0. The summed E-state index contributed by atoms with van der Waals surface area (Å²) in [6, 6.07) is 2.11. The van der Waals surface area contributed by atoms with E-state index >= 15 is 0 Å². The minimum Gasteiger partial charge on any atom is -0.383 e. The molecule has 0 aromatic carbocycles. The van der Waals surface area contributed by atoms with Gasteiger partial charge in [-0.3, -0.25) is 4.98 Å². The third-order valence-electron chi connectivity index (χ3n) is 2.36. The second kappa shape index (κ2) is 5.50. The molecule has 2 nitrogen and oxygen atoms in total. The zero-order valence-electron chi connectivity index (χ0n) is 10.6. The predicted molar refractivity (Wildman–Crippen MR) is 70.1 cm³/mol. The molecule has 0 aliphatic rings. The summed E-state index contributed by atoms with van der Waals surface area (Å²) in [7, 11) is 0. The van der Waals surface area contributed by atoms with Crippen LogP contribution < -0.4 is 5.32 Å². The van der Waals surface area contributed by atoms with Gasteiger partial charge in [0.15, 0.2) is 0 Å². The van der Waals surface area contributed by atoms with E-state index in [1.807, 2.05) is 26.8 Å². The summed E-state index contributed by atoms with van der Waals surface area (Å²) in [6.07, 6.45) is 4.15. The quantitative estimate of drug-likeness (QED) is 0.834. The standard InChI is InChI=1S/C14H20N2/c1-6-7-13-11(4)8-12(5)16-14(13)9-15-10(2)3/h6-8,15H,2,9H2,1,3-5H3/b7-6-. The molecule has 16 heavy (non-hydrogen) atoms. The van der Waals surface area contributed by atoms with Crippen LogP contribution in [0.3, 0.4) is 0 Å². The van der Waals surface area contributed by atoms with Gasteiger partial charge in [-0.25, -0.2) is 0 Å². The van der Waals surface area contributed by atoms with E-state index < -0.39 is 0 Å². The normalized spacial score (nSPS) is 10.8. The van der Waals surface area contributed by atoms with E-state index in [1.165, 1.54) is 11.1 Å². The molecule has 0 spiro atoms. The maximum absolute atomic E-state index is 4.57. The minimum atomic E-state index is 0.734.